The topological polar surface area (TPSA) is 44.1 Å². The van der Waals surface area contributed by atoms with Crippen LogP contribution in [0.5, 0.6) is 0 Å². The molecular formula is C22H24N2O2S. The molecule has 2 aromatic carbocycles. The highest BCUT2D eigenvalue weighted by atomic mass is 32.2. The maximum absolute atomic E-state index is 13.3. The molecule has 4 nitrogen and oxygen atoms in total. The van der Waals surface area contributed by atoms with Crippen molar-refractivity contribution in [1.29, 1.82) is 0 Å². The third-order valence-corrected chi connectivity index (χ3v) is 6.09. The summed E-state index contributed by atoms with van der Waals surface area (Å²) in [6, 6.07) is 13.8. The molecule has 2 heterocycles. The molecule has 1 saturated heterocycles. The van der Waals surface area contributed by atoms with Crippen LogP contribution in [-0.4, -0.2) is 28.0 Å². The number of benzene rings is 2. The van der Waals surface area contributed by atoms with Gasteiger partial charge >= 0.3 is 0 Å². The van der Waals surface area contributed by atoms with Gasteiger partial charge in [0.1, 0.15) is 0 Å². The SMILES string of the molecule is Cc1ccc(C)c(-n2c(SC[C@@H]3CCCCO3)nc3ccccc3c2=O)c1. The fraction of sp³-hybridized carbons (Fsp3) is 0.364. The van der Waals surface area contributed by atoms with Crippen LogP contribution in [0.15, 0.2) is 52.4 Å². The summed E-state index contributed by atoms with van der Waals surface area (Å²) in [6.45, 7) is 4.92. The van der Waals surface area contributed by atoms with Crippen molar-refractivity contribution < 1.29 is 4.74 Å². The zero-order valence-corrected chi connectivity index (χ0v) is 16.6. The first-order valence-electron chi connectivity index (χ1n) is 9.47. The number of aryl methyl sites for hydroxylation is 2. The summed E-state index contributed by atoms with van der Waals surface area (Å²) in [5.74, 6) is 0.815. The summed E-state index contributed by atoms with van der Waals surface area (Å²) in [5.41, 5.74) is 3.83. The lowest BCUT2D eigenvalue weighted by atomic mass is 10.1. The highest BCUT2D eigenvalue weighted by Gasteiger charge is 2.19. The van der Waals surface area contributed by atoms with Crippen molar-refractivity contribution in [1.82, 2.24) is 9.55 Å². The number of thioether (sulfide) groups is 1. The average Bonchev–Trinajstić information content (AvgIpc) is 2.69. The van der Waals surface area contributed by atoms with Crippen molar-refractivity contribution in [2.45, 2.75) is 44.4 Å². The van der Waals surface area contributed by atoms with Crippen molar-refractivity contribution in [3.05, 3.63) is 63.9 Å². The molecule has 0 bridgehead atoms. The molecule has 1 aliphatic rings. The second kappa shape index (κ2) is 7.87. The Hall–Kier alpha value is -2.11. The van der Waals surface area contributed by atoms with Gasteiger partial charge in [0.05, 0.1) is 22.7 Å². The molecule has 0 N–H and O–H groups in total. The summed E-state index contributed by atoms with van der Waals surface area (Å²) in [7, 11) is 0. The van der Waals surface area contributed by atoms with Crippen LogP contribution in [0.25, 0.3) is 16.6 Å². The Bertz CT molecular complexity index is 1020. The van der Waals surface area contributed by atoms with E-state index < -0.39 is 0 Å². The molecule has 0 saturated carbocycles. The van der Waals surface area contributed by atoms with Crippen LogP contribution in [0, 0.1) is 13.8 Å². The predicted molar refractivity (Wildman–Crippen MR) is 111 cm³/mol. The highest BCUT2D eigenvalue weighted by molar-refractivity contribution is 7.99. The summed E-state index contributed by atoms with van der Waals surface area (Å²) >= 11 is 1.62. The number of nitrogens with zero attached hydrogens (tertiary/aromatic N) is 2. The van der Waals surface area contributed by atoms with E-state index >= 15 is 0 Å². The van der Waals surface area contributed by atoms with Crippen molar-refractivity contribution >= 4 is 22.7 Å². The van der Waals surface area contributed by atoms with E-state index in [2.05, 4.69) is 18.2 Å². The van der Waals surface area contributed by atoms with E-state index in [9.17, 15) is 4.79 Å². The quantitative estimate of drug-likeness (QED) is 0.488. The Kier molecular flexibility index (Phi) is 5.32. The lowest BCUT2D eigenvalue weighted by molar-refractivity contribution is 0.0315. The maximum Gasteiger partial charge on any atom is 0.266 e. The van der Waals surface area contributed by atoms with Gasteiger partial charge in [-0.3, -0.25) is 9.36 Å². The molecule has 5 heteroatoms. The van der Waals surface area contributed by atoms with Gasteiger partial charge in [0.15, 0.2) is 5.16 Å². The lowest BCUT2D eigenvalue weighted by Crippen LogP contribution is -2.25. The van der Waals surface area contributed by atoms with Crippen LogP contribution in [0.1, 0.15) is 30.4 Å². The molecule has 1 fully saturated rings. The fourth-order valence-corrected chi connectivity index (χ4v) is 4.56. The molecule has 4 rings (SSSR count). The van der Waals surface area contributed by atoms with Crippen LogP contribution in [0.3, 0.4) is 0 Å². The Morgan fingerprint density at radius 1 is 1.19 bits per heavy atom. The second-order valence-corrected chi connectivity index (χ2v) is 8.13. The van der Waals surface area contributed by atoms with E-state index in [0.29, 0.717) is 5.39 Å². The van der Waals surface area contributed by atoms with E-state index in [1.807, 2.05) is 38.1 Å². The summed E-state index contributed by atoms with van der Waals surface area (Å²) < 4.78 is 7.65. The minimum atomic E-state index is -0.0126. The molecule has 1 aromatic heterocycles. The minimum Gasteiger partial charge on any atom is -0.377 e. The lowest BCUT2D eigenvalue weighted by Gasteiger charge is -2.23. The smallest absolute Gasteiger partial charge is 0.266 e. The second-order valence-electron chi connectivity index (χ2n) is 7.14. The van der Waals surface area contributed by atoms with Gasteiger partial charge in [0, 0.05) is 12.4 Å². The number of fused-ring (bicyclic) bond motifs is 1. The van der Waals surface area contributed by atoms with Crippen molar-refractivity contribution in [2.75, 3.05) is 12.4 Å². The minimum absolute atomic E-state index is 0.0126. The van der Waals surface area contributed by atoms with Gasteiger partial charge in [-0.1, -0.05) is 36.0 Å². The van der Waals surface area contributed by atoms with Crippen LogP contribution in [0.2, 0.25) is 0 Å². The summed E-state index contributed by atoms with van der Waals surface area (Å²) in [6.07, 6.45) is 3.66. The van der Waals surface area contributed by atoms with Crippen molar-refractivity contribution in [3.63, 3.8) is 0 Å². The third-order valence-electron chi connectivity index (χ3n) is 5.02. The van der Waals surface area contributed by atoms with Crippen molar-refractivity contribution in [2.24, 2.45) is 0 Å². The fourth-order valence-electron chi connectivity index (χ4n) is 3.49. The zero-order valence-electron chi connectivity index (χ0n) is 15.8. The van der Waals surface area contributed by atoms with E-state index in [1.54, 1.807) is 16.3 Å². The Labute approximate surface area is 163 Å². The number of aromatic nitrogens is 2. The van der Waals surface area contributed by atoms with E-state index in [4.69, 9.17) is 9.72 Å². The largest absolute Gasteiger partial charge is 0.377 e. The number of rotatable bonds is 4. The van der Waals surface area contributed by atoms with Crippen LogP contribution >= 0.6 is 11.8 Å². The van der Waals surface area contributed by atoms with Crippen LogP contribution < -0.4 is 5.56 Å². The molecule has 0 spiro atoms. The Balaban J connectivity index is 1.82. The Morgan fingerprint density at radius 3 is 2.85 bits per heavy atom. The third kappa shape index (κ3) is 3.80. The molecule has 140 valence electrons. The van der Waals surface area contributed by atoms with Crippen LogP contribution in [-0.2, 0) is 4.74 Å². The van der Waals surface area contributed by atoms with Gasteiger partial charge in [0.2, 0.25) is 0 Å². The molecular weight excluding hydrogens is 356 g/mol. The van der Waals surface area contributed by atoms with Gasteiger partial charge < -0.3 is 4.74 Å². The van der Waals surface area contributed by atoms with E-state index in [0.717, 1.165) is 52.7 Å². The highest BCUT2D eigenvalue weighted by Crippen LogP contribution is 2.26. The zero-order chi connectivity index (χ0) is 18.8. The van der Waals surface area contributed by atoms with E-state index in [-0.39, 0.29) is 11.7 Å². The molecule has 1 atom stereocenters. The standard InChI is InChI=1S/C22H24N2O2S/c1-15-10-11-16(2)20(13-15)24-21(25)18-8-3-4-9-19(18)23-22(24)27-14-17-7-5-6-12-26-17/h3-4,8-11,13,17H,5-7,12,14H2,1-2H3/t17-/m0/s1. The Morgan fingerprint density at radius 2 is 2.04 bits per heavy atom. The van der Waals surface area contributed by atoms with Crippen LogP contribution in [0.4, 0.5) is 0 Å². The molecule has 3 aromatic rings. The number of hydrogen-bond acceptors (Lipinski definition) is 4. The molecule has 0 radical (unpaired) electrons. The van der Waals surface area contributed by atoms with Gasteiger partial charge in [-0.25, -0.2) is 4.98 Å². The predicted octanol–water partition coefficient (Wildman–Crippen LogP) is 4.66. The first-order chi connectivity index (χ1) is 13.1. The molecule has 27 heavy (non-hydrogen) atoms. The molecule has 1 aliphatic heterocycles. The molecule has 0 aliphatic carbocycles. The molecule has 0 amide bonds. The van der Waals surface area contributed by atoms with Gasteiger partial charge in [0.25, 0.3) is 5.56 Å². The first kappa shape index (κ1) is 18.3. The van der Waals surface area contributed by atoms with E-state index in [1.165, 1.54) is 6.42 Å². The van der Waals surface area contributed by atoms with Crippen molar-refractivity contribution in [3.8, 4) is 5.69 Å². The van der Waals surface area contributed by atoms with Gasteiger partial charge in [-0.05, 0) is 62.4 Å². The normalized spacial score (nSPS) is 17.3. The summed E-state index contributed by atoms with van der Waals surface area (Å²) in [4.78, 5) is 18.2. The number of ether oxygens (including phenoxy) is 1. The first-order valence-corrected chi connectivity index (χ1v) is 10.5. The average molecular weight is 381 g/mol. The number of hydrogen-bond donors (Lipinski definition) is 0. The maximum atomic E-state index is 13.3. The molecule has 0 unspecified atom stereocenters. The monoisotopic (exact) mass is 380 g/mol. The number of para-hydroxylation sites is 1. The van der Waals surface area contributed by atoms with Gasteiger partial charge in [-0.15, -0.1) is 0 Å². The van der Waals surface area contributed by atoms with Gasteiger partial charge in [-0.2, -0.15) is 0 Å². The summed E-state index contributed by atoms with van der Waals surface area (Å²) in [5, 5.41) is 1.39.